The molecule has 0 unspecified atom stereocenters. The van der Waals surface area contributed by atoms with Crippen LogP contribution in [0.1, 0.15) is 5.69 Å². The molecule has 144 valence electrons. The maximum absolute atomic E-state index is 7.60. The molecule has 0 fully saturated rings. The molecule has 29 heavy (non-hydrogen) atoms. The first-order chi connectivity index (χ1) is 14.0. The van der Waals surface area contributed by atoms with Gasteiger partial charge < -0.3 is 16.2 Å². The summed E-state index contributed by atoms with van der Waals surface area (Å²) in [6.07, 6.45) is 0. The Morgan fingerprint density at radius 1 is 0.966 bits per heavy atom. The lowest BCUT2D eigenvalue weighted by atomic mass is 10.1. The van der Waals surface area contributed by atoms with E-state index in [9.17, 15) is 0 Å². The molecule has 0 radical (unpaired) electrons. The first kappa shape index (κ1) is 19.1. The second-order valence-electron chi connectivity index (χ2n) is 6.46. The Bertz CT molecular complexity index is 1220. The first-order valence-electron chi connectivity index (χ1n) is 8.84. The number of benzene rings is 3. The molecule has 0 spiro atoms. The van der Waals surface area contributed by atoms with Crippen LogP contribution in [0.5, 0.6) is 0 Å². The number of nitrogens with zero attached hydrogens (tertiary/aromatic N) is 1. The van der Waals surface area contributed by atoms with E-state index >= 15 is 0 Å². The lowest BCUT2D eigenvalue weighted by Crippen LogP contribution is -2.16. The normalized spacial score (nSPS) is 10.8. The molecule has 0 aliphatic heterocycles. The Balaban J connectivity index is 1.54. The van der Waals surface area contributed by atoms with E-state index < -0.39 is 0 Å². The molecule has 7 heteroatoms. The van der Waals surface area contributed by atoms with Crippen LogP contribution in [0.2, 0.25) is 5.02 Å². The van der Waals surface area contributed by atoms with Gasteiger partial charge in [0.2, 0.25) is 0 Å². The van der Waals surface area contributed by atoms with E-state index in [4.69, 9.17) is 28.5 Å². The molecule has 0 aliphatic carbocycles. The van der Waals surface area contributed by atoms with Crippen LogP contribution in [0.25, 0.3) is 22.0 Å². The zero-order valence-corrected chi connectivity index (χ0v) is 16.9. The van der Waals surface area contributed by atoms with Crippen LogP contribution in [0.15, 0.2) is 77.7 Å². The van der Waals surface area contributed by atoms with Gasteiger partial charge in [0.15, 0.2) is 0 Å². The topological polar surface area (TPSA) is 101 Å². The Kier molecular flexibility index (Phi) is 5.29. The predicted molar refractivity (Wildman–Crippen MR) is 124 cm³/mol. The molecule has 0 amide bonds. The monoisotopic (exact) mass is 419 g/mol. The smallest absolute Gasteiger partial charge is 0.143 e. The number of anilines is 2. The van der Waals surface area contributed by atoms with Gasteiger partial charge in [-0.1, -0.05) is 41.9 Å². The van der Waals surface area contributed by atoms with Crippen molar-refractivity contribution in [3.8, 4) is 11.3 Å². The maximum Gasteiger partial charge on any atom is 0.143 e. The number of nitrogens with one attached hydrogen (secondary N) is 2. The predicted octanol–water partition coefficient (Wildman–Crippen LogP) is 5.54. The van der Waals surface area contributed by atoms with E-state index in [1.54, 1.807) is 12.1 Å². The minimum atomic E-state index is -0.175. The zero-order chi connectivity index (χ0) is 20.4. The summed E-state index contributed by atoms with van der Waals surface area (Å²) in [7, 11) is 0. The van der Waals surface area contributed by atoms with Crippen molar-refractivity contribution in [3.05, 3.63) is 83.5 Å². The average Bonchev–Trinajstić information content (AvgIpc) is 2.72. The Morgan fingerprint density at radius 3 is 2.52 bits per heavy atom. The molecule has 4 aromatic rings. The van der Waals surface area contributed by atoms with Gasteiger partial charge in [-0.05, 0) is 65.2 Å². The molecule has 0 atom stereocenters. The molecule has 0 saturated heterocycles. The molecule has 0 bridgehead atoms. The van der Waals surface area contributed by atoms with Crippen LogP contribution in [0, 0.1) is 5.41 Å². The van der Waals surface area contributed by atoms with Crippen molar-refractivity contribution in [1.29, 1.82) is 5.41 Å². The summed E-state index contributed by atoms with van der Waals surface area (Å²) in [5.41, 5.74) is 14.2. The van der Waals surface area contributed by atoms with Crippen LogP contribution in [0.3, 0.4) is 0 Å². The minimum Gasteiger partial charge on any atom is -0.397 e. The van der Waals surface area contributed by atoms with Crippen LogP contribution < -0.4 is 16.2 Å². The van der Waals surface area contributed by atoms with Gasteiger partial charge in [-0.15, -0.1) is 0 Å². The van der Waals surface area contributed by atoms with Gasteiger partial charge in [0.05, 0.1) is 16.4 Å². The third kappa shape index (κ3) is 4.13. The van der Waals surface area contributed by atoms with Gasteiger partial charge in [-0.3, -0.25) is 5.41 Å². The summed E-state index contributed by atoms with van der Waals surface area (Å²) >= 11 is 8.01. The summed E-state index contributed by atoms with van der Waals surface area (Å²) in [5.74, 6) is -0.175. The average molecular weight is 420 g/mol. The molecule has 1 aromatic heterocycles. The third-order valence-electron chi connectivity index (χ3n) is 4.43. The number of fused-ring (bicyclic) bond motifs is 1. The molecule has 3 aromatic carbocycles. The quantitative estimate of drug-likeness (QED) is 0.193. The number of halogens is 1. The zero-order valence-electron chi connectivity index (χ0n) is 15.3. The van der Waals surface area contributed by atoms with E-state index in [1.165, 1.54) is 22.7 Å². The van der Waals surface area contributed by atoms with Gasteiger partial charge in [0.1, 0.15) is 11.5 Å². The number of nitrogens with two attached hydrogens (primary N) is 2. The summed E-state index contributed by atoms with van der Waals surface area (Å²) in [4.78, 5) is 5.48. The lowest BCUT2D eigenvalue weighted by molar-refractivity contribution is 1.26. The van der Waals surface area contributed by atoms with Crippen molar-refractivity contribution in [1.82, 2.24) is 4.98 Å². The van der Waals surface area contributed by atoms with Gasteiger partial charge in [0, 0.05) is 16.1 Å². The minimum absolute atomic E-state index is 0.175. The summed E-state index contributed by atoms with van der Waals surface area (Å²) in [5, 5.41) is 10.6. The van der Waals surface area contributed by atoms with E-state index in [2.05, 4.69) is 40.0 Å². The van der Waals surface area contributed by atoms with Crippen LogP contribution in [-0.2, 0) is 0 Å². The molecule has 4 rings (SSSR count). The van der Waals surface area contributed by atoms with Crippen molar-refractivity contribution in [2.45, 2.75) is 4.90 Å². The van der Waals surface area contributed by atoms with Gasteiger partial charge in [-0.25, -0.2) is 4.98 Å². The number of hydrogen-bond donors (Lipinski definition) is 4. The second-order valence-corrected chi connectivity index (χ2v) is 7.74. The number of pyridine rings is 1. The van der Waals surface area contributed by atoms with Crippen molar-refractivity contribution < 1.29 is 0 Å². The van der Waals surface area contributed by atoms with Crippen LogP contribution in [-0.4, -0.2) is 10.8 Å². The van der Waals surface area contributed by atoms with E-state index in [0.717, 1.165) is 16.1 Å². The Labute approximate surface area is 177 Å². The largest absolute Gasteiger partial charge is 0.397 e. The van der Waals surface area contributed by atoms with Crippen molar-refractivity contribution >= 4 is 51.5 Å². The first-order valence-corrected chi connectivity index (χ1v) is 10.0. The van der Waals surface area contributed by atoms with Crippen molar-refractivity contribution in [2.24, 2.45) is 5.73 Å². The highest BCUT2D eigenvalue weighted by molar-refractivity contribution is 8.00. The van der Waals surface area contributed by atoms with E-state index in [1.807, 2.05) is 30.3 Å². The van der Waals surface area contributed by atoms with E-state index in [-0.39, 0.29) is 11.5 Å². The fraction of sp³-hybridized carbons (Fsp3) is 0. The molecular weight excluding hydrogens is 402 g/mol. The molecule has 1 heterocycles. The van der Waals surface area contributed by atoms with Gasteiger partial charge in [-0.2, -0.15) is 0 Å². The van der Waals surface area contributed by atoms with Gasteiger partial charge >= 0.3 is 0 Å². The van der Waals surface area contributed by atoms with Crippen LogP contribution >= 0.6 is 23.5 Å². The molecule has 0 saturated carbocycles. The standard InChI is InChI=1S/C22H18ClN5S/c23-18-12-15(28-29-16-7-5-13-3-1-2-4-14(13)11-16)6-8-17(18)20-10-9-19(24)21(27-20)22(25)26/h1-12,28H,24H2,(H3,25,26). The summed E-state index contributed by atoms with van der Waals surface area (Å²) in [6, 6.07) is 23.7. The van der Waals surface area contributed by atoms with Gasteiger partial charge in [0.25, 0.3) is 0 Å². The SMILES string of the molecule is N=C(N)c1nc(-c2ccc(NSc3ccc4ccccc4c3)cc2Cl)ccc1N. The maximum atomic E-state index is 7.60. The molecule has 5 nitrogen and oxygen atoms in total. The third-order valence-corrected chi connectivity index (χ3v) is 5.57. The van der Waals surface area contributed by atoms with Crippen molar-refractivity contribution in [3.63, 3.8) is 0 Å². The fourth-order valence-electron chi connectivity index (χ4n) is 2.97. The molecule has 6 N–H and O–H groups in total. The molecule has 0 aliphatic rings. The number of rotatable bonds is 5. The highest BCUT2D eigenvalue weighted by Crippen LogP contribution is 2.32. The number of amidine groups is 1. The second kappa shape index (κ2) is 8.03. The fourth-order valence-corrected chi connectivity index (χ4v) is 3.93. The number of aromatic nitrogens is 1. The summed E-state index contributed by atoms with van der Waals surface area (Å²) < 4.78 is 3.32. The Morgan fingerprint density at radius 2 is 1.76 bits per heavy atom. The van der Waals surface area contributed by atoms with E-state index in [0.29, 0.717) is 16.4 Å². The Hall–Kier alpha value is -3.22. The highest BCUT2D eigenvalue weighted by atomic mass is 35.5. The number of hydrogen-bond acceptors (Lipinski definition) is 5. The summed E-state index contributed by atoms with van der Waals surface area (Å²) in [6.45, 7) is 0. The van der Waals surface area contributed by atoms with Crippen LogP contribution in [0.4, 0.5) is 11.4 Å². The number of nitrogen functional groups attached to an aromatic ring is 2. The lowest BCUT2D eigenvalue weighted by Gasteiger charge is -2.11. The highest BCUT2D eigenvalue weighted by Gasteiger charge is 2.11. The van der Waals surface area contributed by atoms with Crippen molar-refractivity contribution in [2.75, 3.05) is 10.5 Å². The molecular formula is C22H18ClN5S.